The van der Waals surface area contributed by atoms with Gasteiger partial charge in [-0.25, -0.2) is 9.97 Å². The second-order valence-corrected chi connectivity index (χ2v) is 14.3. The minimum Gasteiger partial charge on any atom is -0.591 e. The molecule has 1 atom stereocenters. The minimum atomic E-state index is -1.28. The molecule has 0 amide bonds. The van der Waals surface area contributed by atoms with Crippen molar-refractivity contribution in [3.8, 4) is 0 Å². The molecule has 0 radical (unpaired) electrons. The Morgan fingerprint density at radius 2 is 1.81 bits per heavy atom. The van der Waals surface area contributed by atoms with Crippen LogP contribution in [0.4, 0.5) is 0 Å². The highest BCUT2D eigenvalue weighted by molar-refractivity contribution is 7.99. The first-order chi connectivity index (χ1) is 17.2. The molecule has 1 saturated carbocycles. The Kier molecular flexibility index (Phi) is 7.45. The highest BCUT2D eigenvalue weighted by atomic mass is 35.5. The van der Waals surface area contributed by atoms with Crippen LogP contribution in [0.1, 0.15) is 69.1 Å². The van der Waals surface area contributed by atoms with Gasteiger partial charge in [-0.05, 0) is 82.1 Å². The van der Waals surface area contributed by atoms with Gasteiger partial charge in [0.2, 0.25) is 0 Å². The Bertz CT molecular complexity index is 1280. The van der Waals surface area contributed by atoms with Gasteiger partial charge in [-0.2, -0.15) is 0 Å². The van der Waals surface area contributed by atoms with Gasteiger partial charge in [0.1, 0.15) is 32.0 Å². The third kappa shape index (κ3) is 5.21. The summed E-state index contributed by atoms with van der Waals surface area (Å²) in [5.41, 5.74) is 4.81. The van der Waals surface area contributed by atoms with Gasteiger partial charge in [0.25, 0.3) is 0 Å². The summed E-state index contributed by atoms with van der Waals surface area (Å²) in [6.07, 6.45) is 8.83. The normalized spacial score (nSPS) is 23.7. The van der Waals surface area contributed by atoms with Crippen LogP contribution in [0, 0.1) is 5.41 Å². The highest BCUT2D eigenvalue weighted by Crippen LogP contribution is 2.51. The van der Waals surface area contributed by atoms with Gasteiger partial charge >= 0.3 is 0 Å². The lowest BCUT2D eigenvalue weighted by Crippen LogP contribution is -2.35. The lowest BCUT2D eigenvalue weighted by atomic mass is 9.67. The fourth-order valence-corrected chi connectivity index (χ4v) is 7.16. The van der Waals surface area contributed by atoms with E-state index in [4.69, 9.17) is 32.6 Å². The molecule has 1 spiro atoms. The van der Waals surface area contributed by atoms with Gasteiger partial charge < -0.3 is 4.55 Å². The summed E-state index contributed by atoms with van der Waals surface area (Å²) in [5, 5.41) is 1.63. The molecule has 188 valence electrons. The monoisotopic (exact) mass is 557 g/mol. The molecule has 2 heterocycles. The average molecular weight is 559 g/mol. The highest BCUT2D eigenvalue weighted by Gasteiger charge is 2.47. The smallest absolute Gasteiger partial charge is 0.148 e. The quantitative estimate of drug-likeness (QED) is 0.240. The molecule has 1 fully saturated rings. The van der Waals surface area contributed by atoms with Crippen molar-refractivity contribution in [3.63, 3.8) is 0 Å². The number of halogens is 2. The Balaban J connectivity index is 1.32. The van der Waals surface area contributed by atoms with Gasteiger partial charge in [0.05, 0.1) is 5.02 Å². The van der Waals surface area contributed by atoms with E-state index < -0.39 is 11.4 Å². The molecule has 2 aliphatic carbocycles. The molecule has 36 heavy (non-hydrogen) atoms. The second kappa shape index (κ2) is 10.3. The first-order valence-corrected chi connectivity index (χ1v) is 14.9. The van der Waals surface area contributed by atoms with Crippen molar-refractivity contribution >= 4 is 52.0 Å². The van der Waals surface area contributed by atoms with E-state index in [1.54, 1.807) is 6.20 Å². The lowest BCUT2D eigenvalue weighted by molar-refractivity contribution is 0.266. The summed E-state index contributed by atoms with van der Waals surface area (Å²) in [6.45, 7) is 5.97. The van der Waals surface area contributed by atoms with Crippen molar-refractivity contribution in [2.24, 2.45) is 9.81 Å². The summed E-state index contributed by atoms with van der Waals surface area (Å²) >= 11 is 12.5. The van der Waals surface area contributed by atoms with Crippen LogP contribution in [-0.2, 0) is 17.8 Å². The van der Waals surface area contributed by atoms with Crippen LogP contribution >= 0.6 is 35.0 Å². The second-order valence-electron chi connectivity index (χ2n) is 10.6. The maximum Gasteiger partial charge on any atom is 0.148 e. The molecular formula is C28H29Cl2N3OS2. The van der Waals surface area contributed by atoms with Gasteiger partial charge in [-0.1, -0.05) is 69.7 Å². The van der Waals surface area contributed by atoms with Crippen molar-refractivity contribution in [1.29, 1.82) is 0 Å². The van der Waals surface area contributed by atoms with E-state index in [1.807, 2.05) is 33.0 Å². The molecular weight excluding hydrogens is 529 g/mol. The lowest BCUT2D eigenvalue weighted by Gasteiger charge is -2.37. The van der Waals surface area contributed by atoms with Crippen molar-refractivity contribution in [1.82, 2.24) is 9.97 Å². The van der Waals surface area contributed by atoms with Crippen LogP contribution in [0.2, 0.25) is 10.2 Å². The minimum absolute atomic E-state index is 0.0261. The number of fused-ring (bicyclic) bond motifs is 1. The first-order valence-electron chi connectivity index (χ1n) is 12.2. The Labute approximate surface area is 230 Å². The van der Waals surface area contributed by atoms with Gasteiger partial charge in [0.15, 0.2) is 0 Å². The van der Waals surface area contributed by atoms with E-state index in [-0.39, 0.29) is 10.2 Å². The van der Waals surface area contributed by atoms with Crippen LogP contribution in [-0.4, -0.2) is 25.0 Å². The SMILES string of the molecule is CC(C)(C)[S@@+]([O-])N=C1c2ccccc2CC12CCC(c1ccc(Sc3ccnc(Cl)c3Cl)nc1)CC2. The molecule has 5 rings (SSSR count). The first kappa shape index (κ1) is 26.1. The molecule has 3 aromatic rings. The summed E-state index contributed by atoms with van der Waals surface area (Å²) in [6, 6.07) is 14.6. The van der Waals surface area contributed by atoms with E-state index in [1.165, 1.54) is 28.5 Å². The van der Waals surface area contributed by atoms with E-state index >= 15 is 0 Å². The Hall–Kier alpha value is -1.57. The molecule has 4 nitrogen and oxygen atoms in total. The molecule has 0 N–H and O–H groups in total. The molecule has 8 heteroatoms. The topological polar surface area (TPSA) is 61.2 Å². The Morgan fingerprint density at radius 1 is 1.06 bits per heavy atom. The van der Waals surface area contributed by atoms with E-state index in [0.717, 1.165) is 47.7 Å². The summed E-state index contributed by atoms with van der Waals surface area (Å²) in [7, 11) is 0. The fraction of sp³-hybridized carbons (Fsp3) is 0.393. The summed E-state index contributed by atoms with van der Waals surface area (Å²) in [4.78, 5) is 9.55. The van der Waals surface area contributed by atoms with Crippen LogP contribution in [0.3, 0.4) is 0 Å². The van der Waals surface area contributed by atoms with Crippen LogP contribution < -0.4 is 0 Å². The van der Waals surface area contributed by atoms with E-state index in [0.29, 0.717) is 16.1 Å². The average Bonchev–Trinajstić information content (AvgIpc) is 3.15. The van der Waals surface area contributed by atoms with E-state index in [9.17, 15) is 4.55 Å². The number of hydrogen-bond acceptors (Lipinski definition) is 5. The van der Waals surface area contributed by atoms with Crippen LogP contribution in [0.25, 0.3) is 0 Å². The number of hydrogen-bond donors (Lipinski definition) is 0. The zero-order valence-electron chi connectivity index (χ0n) is 20.6. The third-order valence-electron chi connectivity index (χ3n) is 7.20. The zero-order valence-corrected chi connectivity index (χ0v) is 23.8. The molecule has 2 aliphatic rings. The molecule has 0 bridgehead atoms. The zero-order chi connectivity index (χ0) is 25.5. The number of aromatic nitrogens is 2. The standard InChI is InChI=1S/C28H29Cl2N3OS2/c1-27(2,3)36(34)33-25-21-7-5-4-6-19(21)16-28(25)13-10-18(11-14-28)20-8-9-23(32-17-20)35-22-12-15-31-26(30)24(22)29/h4-9,12,15,17-18H,10-11,13-14,16H2,1-3H3/t18?,28?,36-/m1/s1. The maximum atomic E-state index is 13.0. The molecule has 2 aromatic heterocycles. The Morgan fingerprint density at radius 3 is 2.50 bits per heavy atom. The predicted octanol–water partition coefficient (Wildman–Crippen LogP) is 8.09. The van der Waals surface area contributed by atoms with E-state index in [2.05, 4.69) is 41.4 Å². The van der Waals surface area contributed by atoms with Crippen LogP contribution in [0.15, 0.2) is 69.2 Å². The fourth-order valence-electron chi connectivity index (χ4n) is 5.21. The number of rotatable bonds is 4. The largest absolute Gasteiger partial charge is 0.591 e. The van der Waals surface area contributed by atoms with Crippen LogP contribution in [0.5, 0.6) is 0 Å². The maximum absolute atomic E-state index is 13.0. The predicted molar refractivity (Wildman–Crippen MR) is 151 cm³/mol. The number of pyridine rings is 2. The van der Waals surface area contributed by atoms with Crippen molar-refractivity contribution in [2.75, 3.05) is 0 Å². The third-order valence-corrected chi connectivity index (χ3v) is 10.5. The molecule has 0 aliphatic heterocycles. The number of nitrogens with zero attached hydrogens (tertiary/aromatic N) is 3. The molecule has 1 aromatic carbocycles. The number of benzene rings is 1. The van der Waals surface area contributed by atoms with Crippen molar-refractivity contribution < 1.29 is 4.55 Å². The molecule has 0 saturated heterocycles. The molecule has 0 unspecified atom stereocenters. The summed E-state index contributed by atoms with van der Waals surface area (Å²) in [5.74, 6) is 0.458. The summed E-state index contributed by atoms with van der Waals surface area (Å²) < 4.78 is 17.5. The van der Waals surface area contributed by atoms with Gasteiger partial charge in [0, 0.05) is 28.3 Å². The van der Waals surface area contributed by atoms with Crippen molar-refractivity contribution in [2.45, 2.75) is 73.5 Å². The van der Waals surface area contributed by atoms with Gasteiger partial charge in [-0.15, -0.1) is 0 Å². The van der Waals surface area contributed by atoms with Crippen molar-refractivity contribution in [3.05, 3.63) is 81.7 Å². The van der Waals surface area contributed by atoms with Gasteiger partial charge in [-0.3, -0.25) is 0 Å².